The number of nitro groups is 1. The minimum atomic E-state index is -0.661. The smallest absolute Gasteiger partial charge is 0.293 e. The number of amides is 1. The van der Waals surface area contributed by atoms with E-state index in [0.29, 0.717) is 5.69 Å². The van der Waals surface area contributed by atoms with Crippen LogP contribution in [-0.4, -0.2) is 48.9 Å². The maximum absolute atomic E-state index is 13.0. The van der Waals surface area contributed by atoms with E-state index >= 15 is 0 Å². The fourth-order valence-electron chi connectivity index (χ4n) is 4.06. The van der Waals surface area contributed by atoms with Crippen molar-refractivity contribution in [2.24, 2.45) is 5.10 Å². The van der Waals surface area contributed by atoms with Crippen molar-refractivity contribution in [1.82, 2.24) is 30.7 Å². The lowest BCUT2D eigenvalue weighted by atomic mass is 10.0. The van der Waals surface area contributed by atoms with Crippen LogP contribution in [0.3, 0.4) is 0 Å². The van der Waals surface area contributed by atoms with Gasteiger partial charge in [-0.2, -0.15) is 9.78 Å². The minimum absolute atomic E-state index is 0.0124. The fourth-order valence-corrected chi connectivity index (χ4v) is 4.06. The van der Waals surface area contributed by atoms with Crippen LogP contribution in [0.2, 0.25) is 0 Å². The first-order valence-electron chi connectivity index (χ1n) is 11.0. The maximum atomic E-state index is 13.0. The Morgan fingerprint density at radius 1 is 1.22 bits per heavy atom. The molecule has 36 heavy (non-hydrogen) atoms. The summed E-state index contributed by atoms with van der Waals surface area (Å²) < 4.78 is 6.02. The van der Waals surface area contributed by atoms with E-state index in [1.807, 2.05) is 18.2 Å². The van der Waals surface area contributed by atoms with Gasteiger partial charge in [0.1, 0.15) is 0 Å². The summed E-state index contributed by atoms with van der Waals surface area (Å²) in [5.41, 5.74) is 11.0. The number of aryl methyl sites for hydroxylation is 1. The average Bonchev–Trinajstić information content (AvgIpc) is 3.50. The second-order valence-corrected chi connectivity index (χ2v) is 7.94. The van der Waals surface area contributed by atoms with Crippen molar-refractivity contribution >= 4 is 29.3 Å². The molecule has 3 heterocycles. The van der Waals surface area contributed by atoms with E-state index in [1.54, 1.807) is 12.1 Å². The number of fused-ring (bicyclic) bond motifs is 1. The number of para-hydroxylation sites is 2. The van der Waals surface area contributed by atoms with Gasteiger partial charge in [-0.25, -0.2) is 10.1 Å². The molecule has 4 aromatic rings. The number of hydrogen-bond acceptors (Lipinski definition) is 11. The van der Waals surface area contributed by atoms with E-state index in [0.717, 1.165) is 25.1 Å². The number of aromatic nitrogens is 5. The van der Waals surface area contributed by atoms with Crippen LogP contribution in [0.15, 0.2) is 58.3 Å². The summed E-state index contributed by atoms with van der Waals surface area (Å²) in [6.07, 6.45) is 3.09. The van der Waals surface area contributed by atoms with Gasteiger partial charge in [0, 0.05) is 18.3 Å². The lowest BCUT2D eigenvalue weighted by molar-refractivity contribution is -0.385. The van der Waals surface area contributed by atoms with Gasteiger partial charge in [0.2, 0.25) is 11.6 Å². The van der Waals surface area contributed by atoms with Crippen LogP contribution >= 0.6 is 0 Å². The molecule has 0 spiro atoms. The van der Waals surface area contributed by atoms with Crippen molar-refractivity contribution in [1.29, 1.82) is 0 Å². The molecule has 5 rings (SSSR count). The molecule has 0 saturated heterocycles. The summed E-state index contributed by atoms with van der Waals surface area (Å²) >= 11 is 0. The highest BCUT2D eigenvalue weighted by Crippen LogP contribution is 2.29. The second-order valence-electron chi connectivity index (χ2n) is 7.94. The van der Waals surface area contributed by atoms with Crippen LogP contribution in [0.5, 0.6) is 0 Å². The lowest BCUT2D eigenvalue weighted by Crippen LogP contribution is -2.31. The number of nitrogens with two attached hydrogens (primary N) is 1. The van der Waals surface area contributed by atoms with Crippen molar-refractivity contribution in [3.05, 3.63) is 81.2 Å². The Morgan fingerprint density at radius 2 is 2.03 bits per heavy atom. The van der Waals surface area contributed by atoms with Gasteiger partial charge in [-0.3, -0.25) is 14.9 Å². The van der Waals surface area contributed by atoms with E-state index in [9.17, 15) is 14.9 Å². The Morgan fingerprint density at radius 3 is 2.83 bits per heavy atom. The van der Waals surface area contributed by atoms with Crippen molar-refractivity contribution < 1.29 is 14.3 Å². The number of carbonyl (C=O) groups excluding carboxylic acids is 1. The van der Waals surface area contributed by atoms with Crippen LogP contribution in [0, 0.1) is 10.1 Å². The molecule has 0 aliphatic carbocycles. The predicted molar refractivity (Wildman–Crippen MR) is 128 cm³/mol. The molecule has 182 valence electrons. The van der Waals surface area contributed by atoms with Gasteiger partial charge >= 0.3 is 0 Å². The van der Waals surface area contributed by atoms with Crippen molar-refractivity contribution in [2.75, 3.05) is 17.2 Å². The average molecular weight is 488 g/mol. The molecule has 14 nitrogen and oxygen atoms in total. The molecule has 0 fully saturated rings. The van der Waals surface area contributed by atoms with Crippen molar-refractivity contribution in [3.8, 4) is 5.82 Å². The predicted octanol–water partition coefficient (Wildman–Crippen LogP) is 1.86. The maximum Gasteiger partial charge on any atom is 0.293 e. The Labute approximate surface area is 203 Å². The standard InChI is InChI=1S/C22H20N10O4/c23-20-21(28-36-27-20)31-18(13-30-11-5-8-14-6-1-3-9-16(14)30)19(25-29-31)22(33)26-24-12-15-7-2-4-10-17(15)32(34)35/h1-4,6-7,9-10,12H,5,8,11,13H2,(H2,23,27)(H,26,33). The minimum Gasteiger partial charge on any atom is -0.378 e. The van der Waals surface area contributed by atoms with Gasteiger partial charge in [-0.1, -0.05) is 35.5 Å². The van der Waals surface area contributed by atoms with Gasteiger partial charge in [-0.05, 0) is 40.9 Å². The molecular weight excluding hydrogens is 468 g/mol. The number of benzene rings is 2. The summed E-state index contributed by atoms with van der Waals surface area (Å²) in [4.78, 5) is 25.8. The second kappa shape index (κ2) is 9.61. The van der Waals surface area contributed by atoms with Crippen LogP contribution in [0.1, 0.15) is 33.7 Å². The highest BCUT2D eigenvalue weighted by Gasteiger charge is 2.27. The van der Waals surface area contributed by atoms with Crippen LogP contribution in [-0.2, 0) is 13.0 Å². The monoisotopic (exact) mass is 488 g/mol. The highest BCUT2D eigenvalue weighted by atomic mass is 16.6. The van der Waals surface area contributed by atoms with Gasteiger partial charge in [0.25, 0.3) is 11.6 Å². The van der Waals surface area contributed by atoms with E-state index in [2.05, 4.69) is 42.1 Å². The summed E-state index contributed by atoms with van der Waals surface area (Å²) in [6.45, 7) is 1.03. The van der Waals surface area contributed by atoms with Gasteiger partial charge in [0.15, 0.2) is 5.69 Å². The van der Waals surface area contributed by atoms with E-state index in [4.69, 9.17) is 10.4 Å². The Bertz CT molecular complexity index is 1460. The Kier molecular flexibility index (Phi) is 6.05. The molecule has 2 aromatic heterocycles. The summed E-state index contributed by atoms with van der Waals surface area (Å²) in [7, 11) is 0. The normalized spacial score (nSPS) is 13.1. The van der Waals surface area contributed by atoms with Gasteiger partial charge in [-0.15, -0.1) is 5.10 Å². The van der Waals surface area contributed by atoms with E-state index < -0.39 is 10.8 Å². The SMILES string of the molecule is Nc1nonc1-n1nnc(C(=O)NN=Cc2ccccc2[N+](=O)[O-])c1CN1CCCc2ccccc21. The van der Waals surface area contributed by atoms with E-state index in [1.165, 1.54) is 28.6 Å². The molecule has 0 unspecified atom stereocenters. The van der Waals surface area contributed by atoms with Gasteiger partial charge < -0.3 is 10.6 Å². The zero-order chi connectivity index (χ0) is 25.1. The summed E-state index contributed by atoms with van der Waals surface area (Å²) in [5, 5.41) is 30.6. The molecule has 14 heteroatoms. The molecule has 0 bridgehead atoms. The molecule has 0 radical (unpaired) electrons. The lowest BCUT2D eigenvalue weighted by Gasteiger charge is -2.31. The molecule has 3 N–H and O–H groups in total. The highest BCUT2D eigenvalue weighted by molar-refractivity contribution is 5.94. The molecule has 2 aromatic carbocycles. The third-order valence-electron chi connectivity index (χ3n) is 5.72. The van der Waals surface area contributed by atoms with Gasteiger partial charge in [0.05, 0.1) is 28.9 Å². The Balaban J connectivity index is 1.45. The van der Waals surface area contributed by atoms with Crippen LogP contribution < -0.4 is 16.1 Å². The Hall–Kier alpha value is -5.14. The number of hydrazone groups is 1. The summed E-state index contributed by atoms with van der Waals surface area (Å²) in [6, 6.07) is 14.1. The van der Waals surface area contributed by atoms with Crippen LogP contribution in [0.25, 0.3) is 5.82 Å². The first-order valence-corrected chi connectivity index (χ1v) is 11.0. The first-order chi connectivity index (χ1) is 17.5. The number of nitrogens with zero attached hydrogens (tertiary/aromatic N) is 8. The van der Waals surface area contributed by atoms with E-state index in [-0.39, 0.29) is 35.1 Å². The zero-order valence-electron chi connectivity index (χ0n) is 18.8. The third-order valence-corrected chi connectivity index (χ3v) is 5.72. The molecular formula is C22H20N10O4. The van der Waals surface area contributed by atoms with Crippen LogP contribution in [0.4, 0.5) is 17.2 Å². The number of nitro benzene ring substituents is 1. The topological polar surface area (TPSA) is 183 Å². The molecule has 1 amide bonds. The quantitative estimate of drug-likeness (QED) is 0.221. The number of hydrogen-bond donors (Lipinski definition) is 2. The van der Waals surface area contributed by atoms with Crippen molar-refractivity contribution in [3.63, 3.8) is 0 Å². The largest absolute Gasteiger partial charge is 0.378 e. The van der Waals surface area contributed by atoms with Crippen molar-refractivity contribution in [2.45, 2.75) is 19.4 Å². The number of nitrogens with one attached hydrogen (secondary N) is 1. The third kappa shape index (κ3) is 4.34. The molecule has 0 saturated carbocycles. The molecule has 1 aliphatic rings. The molecule has 0 atom stereocenters. The number of carbonyl (C=O) groups is 1. The number of nitrogen functional groups attached to an aromatic ring is 1. The first kappa shape index (κ1) is 22.6. The number of rotatable bonds is 7. The summed E-state index contributed by atoms with van der Waals surface area (Å²) in [5.74, 6) is -0.571. The molecule has 1 aliphatic heterocycles. The zero-order valence-corrected chi connectivity index (χ0v) is 18.8. The number of anilines is 2. The fraction of sp³-hybridized carbons (Fsp3) is 0.182.